The molecule has 0 N–H and O–H groups in total. The third-order valence-corrected chi connectivity index (χ3v) is 13.9. The molecule has 67 heavy (non-hydrogen) atoms. The Morgan fingerprint density at radius 3 is 0.776 bits per heavy atom. The van der Waals surface area contributed by atoms with Gasteiger partial charge in [-0.2, -0.15) is 0 Å². The van der Waals surface area contributed by atoms with Gasteiger partial charge < -0.3 is 9.97 Å². The average molecular weight is 1060 g/mol. The molecule has 0 aliphatic carbocycles. The molecule has 3 aromatic heterocycles. The molecule has 0 spiro atoms. The molecule has 2 aliphatic heterocycles. The summed E-state index contributed by atoms with van der Waals surface area (Å²) in [6.07, 6.45) is 7.60. The van der Waals surface area contributed by atoms with Gasteiger partial charge in [-0.05, 0) is 117 Å². The zero-order chi connectivity index (χ0) is 45.9. The summed E-state index contributed by atoms with van der Waals surface area (Å²) < 4.78 is 0. The van der Waals surface area contributed by atoms with Crippen LogP contribution in [-0.4, -0.2) is 9.97 Å². The molecule has 340 valence electrons. The van der Waals surface area contributed by atoms with E-state index in [0.717, 1.165) is 96.2 Å². The van der Waals surface area contributed by atoms with Gasteiger partial charge in [-0.15, -0.1) is 22.1 Å². The minimum Gasteiger partial charge on any atom is -0.657 e. The topological polar surface area (TPSA) is 54.0 Å². The van der Waals surface area contributed by atoms with E-state index < -0.39 is 0 Å². The molecule has 0 amide bonds. The van der Waals surface area contributed by atoms with Crippen molar-refractivity contribution in [1.82, 2.24) is 19.9 Å². The van der Waals surface area contributed by atoms with Crippen LogP contribution in [0.5, 0.6) is 0 Å². The van der Waals surface area contributed by atoms with E-state index in [9.17, 15) is 0 Å². The van der Waals surface area contributed by atoms with E-state index in [1.54, 1.807) is 0 Å². The molecule has 8 aromatic rings. The molecule has 0 atom stereocenters. The normalized spacial score (nSPS) is 12.4. The van der Waals surface area contributed by atoms with E-state index in [1.807, 2.05) is 0 Å². The summed E-state index contributed by atoms with van der Waals surface area (Å²) in [4.78, 5) is 21.0. The summed E-state index contributed by atoms with van der Waals surface area (Å²) in [6, 6.07) is 47.9. The van der Waals surface area contributed by atoms with E-state index in [-0.39, 0.29) is 21.1 Å². The number of aryl methyl sites for hydroxylation is 4. The second-order valence-corrected chi connectivity index (χ2v) is 17.3. The van der Waals surface area contributed by atoms with Gasteiger partial charge in [0, 0.05) is 0 Å². The number of allylic oxidation sites excluding steroid dienone is 4. The molecule has 5 heteroatoms. The summed E-state index contributed by atoms with van der Waals surface area (Å²) in [6.45, 7) is 17.9. The van der Waals surface area contributed by atoms with Crippen molar-refractivity contribution in [1.29, 1.82) is 0 Å². The Labute approximate surface area is 412 Å². The molecular weight excluding hydrogens is 996 g/mol. The second-order valence-electron chi connectivity index (χ2n) is 17.3. The van der Waals surface area contributed by atoms with Crippen LogP contribution in [0, 0.1) is 0 Å². The van der Waals surface area contributed by atoms with Gasteiger partial charge in [0.2, 0.25) is 0 Å². The van der Waals surface area contributed by atoms with E-state index in [2.05, 4.69) is 189 Å². The van der Waals surface area contributed by atoms with Crippen LogP contribution in [0.15, 0.2) is 133 Å². The molecule has 5 aromatic carbocycles. The maximum Gasteiger partial charge on any atom is 2.00 e. The zero-order valence-electron chi connectivity index (χ0n) is 40.5. The van der Waals surface area contributed by atoms with Crippen LogP contribution < -0.4 is 9.97 Å². The fraction of sp³-hybridized carbons (Fsp3) is 0.258. The van der Waals surface area contributed by atoms with Gasteiger partial charge in [-0.1, -0.05) is 211 Å². The number of fused-ring (bicyclic) bond motifs is 10. The Balaban J connectivity index is 0.000000194. The van der Waals surface area contributed by atoms with Crippen molar-refractivity contribution in [2.75, 3.05) is 0 Å². The third-order valence-electron chi connectivity index (χ3n) is 13.9. The largest absolute Gasteiger partial charge is 2.00 e. The minimum atomic E-state index is 0. The van der Waals surface area contributed by atoms with Crippen LogP contribution in [0.25, 0.3) is 88.2 Å². The summed E-state index contributed by atoms with van der Waals surface area (Å²) >= 11 is 0. The Hall–Kier alpha value is -6.09. The molecule has 2 aliphatic rings. The van der Waals surface area contributed by atoms with E-state index >= 15 is 0 Å². The molecule has 8 bridgehead atoms. The van der Waals surface area contributed by atoms with E-state index in [4.69, 9.17) is 19.9 Å². The Morgan fingerprint density at radius 1 is 0.313 bits per heavy atom. The maximum absolute atomic E-state index is 5.25. The van der Waals surface area contributed by atoms with Crippen LogP contribution in [0.3, 0.4) is 0 Å². The van der Waals surface area contributed by atoms with Crippen LogP contribution in [0.2, 0.25) is 0 Å². The van der Waals surface area contributed by atoms with Gasteiger partial charge in [0.05, 0.1) is 22.8 Å². The molecule has 0 saturated carbocycles. The van der Waals surface area contributed by atoms with Crippen molar-refractivity contribution in [3.05, 3.63) is 178 Å². The average Bonchev–Trinajstić information content (AvgIpc) is 4.09. The van der Waals surface area contributed by atoms with Crippen molar-refractivity contribution in [2.45, 2.75) is 107 Å². The quantitative estimate of drug-likeness (QED) is 0.128. The van der Waals surface area contributed by atoms with E-state index in [1.165, 1.54) is 88.3 Å². The van der Waals surface area contributed by atoms with Crippen molar-refractivity contribution in [3.8, 4) is 22.3 Å². The predicted octanol–water partition coefficient (Wildman–Crippen LogP) is 16.6. The first-order valence-electron chi connectivity index (χ1n) is 24.6. The first-order chi connectivity index (χ1) is 32.4. The van der Waals surface area contributed by atoms with Gasteiger partial charge in [0.25, 0.3) is 0 Å². The molecule has 4 nitrogen and oxygen atoms in total. The van der Waals surface area contributed by atoms with Crippen molar-refractivity contribution in [2.24, 2.45) is 0 Å². The number of aromatic nitrogens is 4. The summed E-state index contributed by atoms with van der Waals surface area (Å²) in [5, 5.41) is 5.21. The molecular formula is C62H62N4Pt. The number of hydrogen-bond acceptors (Lipinski definition) is 2. The minimum absolute atomic E-state index is 0. The van der Waals surface area contributed by atoms with E-state index in [0.29, 0.717) is 0 Å². The Kier molecular flexibility index (Phi) is 14.7. The monoisotopic (exact) mass is 1060 g/mol. The Bertz CT molecular complexity index is 2940. The number of benzene rings is 5. The molecule has 0 unspecified atom stereocenters. The SMILES string of the molecule is CCC1=C(CC)c2cc3[n-]c(cc4nc(cc5[n-]c(cc1n2)c(CC)c5CC)C(CC)=C4CC)c(CC)c3CC.[Pt+2].c1ccc(-c2c3ccccc3c(-c3ccccc3)c3ccccc23)cc1. The molecule has 0 fully saturated rings. The van der Waals surface area contributed by atoms with Crippen LogP contribution in [-0.2, 0) is 46.7 Å². The van der Waals surface area contributed by atoms with Gasteiger partial charge in [-0.25, -0.2) is 9.97 Å². The standard InChI is InChI=1S/C36H44N4.C26H18.Pt/c1-9-21-22(10-2)30-18-32-25(13-5)26(14-6)34(39-32)20-36-28(16-8)27(15-7)35(40-36)19-33-24(12-4)23(11-3)31(38-33)17-29(21)37-30;1-3-11-19(12-4-1)25-21-15-7-9-17-23(21)26(20-13-5-2-6-14-20)24-18-10-8-16-22(24)25;/h17-20H,9-16H2,1-8H3;1-18H;/q-2;;+2. The molecule has 0 radical (unpaired) electrons. The fourth-order valence-corrected chi connectivity index (χ4v) is 10.9. The van der Waals surface area contributed by atoms with Gasteiger partial charge >= 0.3 is 21.1 Å². The zero-order valence-corrected chi connectivity index (χ0v) is 42.7. The molecule has 0 saturated heterocycles. The molecule has 10 rings (SSSR count). The third kappa shape index (κ3) is 8.71. The van der Waals surface area contributed by atoms with Gasteiger partial charge in [0.1, 0.15) is 0 Å². The Morgan fingerprint density at radius 2 is 0.552 bits per heavy atom. The van der Waals surface area contributed by atoms with Crippen LogP contribution in [0.4, 0.5) is 0 Å². The first-order valence-corrected chi connectivity index (χ1v) is 24.6. The van der Waals surface area contributed by atoms with Crippen molar-refractivity contribution >= 4 is 65.9 Å². The second kappa shape index (κ2) is 20.8. The van der Waals surface area contributed by atoms with Crippen LogP contribution in [0.1, 0.15) is 126 Å². The smallest absolute Gasteiger partial charge is 0.657 e. The number of rotatable bonds is 10. The number of nitrogens with zero attached hydrogens (tertiary/aromatic N) is 4. The first kappa shape index (κ1) is 47.4. The number of hydrogen-bond donors (Lipinski definition) is 0. The van der Waals surface area contributed by atoms with Crippen LogP contribution >= 0.6 is 0 Å². The fourth-order valence-electron chi connectivity index (χ4n) is 10.9. The van der Waals surface area contributed by atoms with Crippen molar-refractivity contribution < 1.29 is 21.1 Å². The predicted molar refractivity (Wildman–Crippen MR) is 284 cm³/mol. The summed E-state index contributed by atoms with van der Waals surface area (Å²) in [5.74, 6) is 0. The summed E-state index contributed by atoms with van der Waals surface area (Å²) in [7, 11) is 0. The van der Waals surface area contributed by atoms with Gasteiger partial charge in [-0.3, -0.25) is 0 Å². The van der Waals surface area contributed by atoms with Crippen molar-refractivity contribution in [3.63, 3.8) is 0 Å². The van der Waals surface area contributed by atoms with Gasteiger partial charge in [0.15, 0.2) is 0 Å². The summed E-state index contributed by atoms with van der Waals surface area (Å²) in [5.41, 5.74) is 24.3. The molecule has 5 heterocycles. The maximum atomic E-state index is 5.25.